The SMILES string of the molecule is Nc1c(-c2c(N)c3ccccc3n2-c2c(O)c(O)c(O)c(O)c2O)n(-c2ccccc2)c2ccccc12. The Labute approximate surface area is 209 Å². The first-order valence-corrected chi connectivity index (χ1v) is 11.4. The van der Waals surface area contributed by atoms with Crippen LogP contribution in [-0.4, -0.2) is 34.7 Å². The van der Waals surface area contributed by atoms with Gasteiger partial charge in [0.2, 0.25) is 17.2 Å². The maximum absolute atomic E-state index is 10.9. The summed E-state index contributed by atoms with van der Waals surface area (Å²) < 4.78 is 3.33. The summed E-state index contributed by atoms with van der Waals surface area (Å²) in [7, 11) is 0. The number of phenolic OH excluding ortho intramolecular Hbond substituents is 5. The van der Waals surface area contributed by atoms with Crippen molar-refractivity contribution >= 4 is 33.2 Å². The Morgan fingerprint density at radius 3 is 1.41 bits per heavy atom. The van der Waals surface area contributed by atoms with Crippen molar-refractivity contribution < 1.29 is 25.5 Å². The van der Waals surface area contributed by atoms with Crippen LogP contribution in [0.25, 0.3) is 44.6 Å². The Kier molecular flexibility index (Phi) is 4.64. The van der Waals surface area contributed by atoms with Crippen LogP contribution >= 0.6 is 0 Å². The largest absolute Gasteiger partial charge is 0.503 e. The van der Waals surface area contributed by atoms with Crippen molar-refractivity contribution in [1.29, 1.82) is 0 Å². The highest BCUT2D eigenvalue weighted by atomic mass is 16.4. The molecule has 0 spiro atoms. The third-order valence-electron chi connectivity index (χ3n) is 6.64. The molecule has 37 heavy (non-hydrogen) atoms. The van der Waals surface area contributed by atoms with Crippen LogP contribution in [0.3, 0.4) is 0 Å². The topological polar surface area (TPSA) is 163 Å². The highest BCUT2D eigenvalue weighted by Crippen LogP contribution is 2.55. The molecule has 0 saturated heterocycles. The van der Waals surface area contributed by atoms with Gasteiger partial charge in [-0.15, -0.1) is 0 Å². The molecular formula is C28H22N4O5. The summed E-state index contributed by atoms with van der Waals surface area (Å²) in [5, 5.41) is 53.8. The van der Waals surface area contributed by atoms with Crippen LogP contribution in [0.2, 0.25) is 0 Å². The maximum atomic E-state index is 10.9. The van der Waals surface area contributed by atoms with Gasteiger partial charge in [0.1, 0.15) is 5.69 Å². The predicted octanol–water partition coefficient (Wildman–Crippen LogP) is 4.93. The molecule has 0 atom stereocenters. The second-order valence-electron chi connectivity index (χ2n) is 8.66. The average molecular weight is 495 g/mol. The molecule has 0 aliphatic rings. The molecule has 0 aliphatic carbocycles. The van der Waals surface area contributed by atoms with E-state index in [2.05, 4.69) is 0 Å². The highest BCUT2D eigenvalue weighted by Gasteiger charge is 2.31. The highest BCUT2D eigenvalue weighted by molar-refractivity contribution is 6.09. The van der Waals surface area contributed by atoms with Gasteiger partial charge in [-0.2, -0.15) is 0 Å². The summed E-state index contributed by atoms with van der Waals surface area (Å²) in [5.74, 6) is -4.75. The van der Waals surface area contributed by atoms with E-state index in [0.717, 1.165) is 16.6 Å². The standard InChI is InChI=1S/C28H22N4O5/c29-19-15-10-4-6-12-17(15)31(14-8-2-1-3-9-14)21(19)22-20(30)16-11-5-7-13-18(16)32(22)23-24(33)26(35)28(37)27(36)25(23)34/h1-13,33-37H,29-30H2. The van der Waals surface area contributed by atoms with Gasteiger partial charge in [0.15, 0.2) is 11.5 Å². The third kappa shape index (κ3) is 2.91. The van der Waals surface area contributed by atoms with E-state index in [1.54, 1.807) is 24.3 Å². The van der Waals surface area contributed by atoms with Crippen LogP contribution in [0.15, 0.2) is 78.9 Å². The lowest BCUT2D eigenvalue weighted by molar-refractivity contribution is 0.327. The van der Waals surface area contributed by atoms with Crippen molar-refractivity contribution in [3.05, 3.63) is 78.9 Å². The Balaban J connectivity index is 1.86. The molecule has 0 saturated carbocycles. The first kappa shape index (κ1) is 22.1. The van der Waals surface area contributed by atoms with Gasteiger partial charge in [-0.1, -0.05) is 54.6 Å². The molecule has 2 heterocycles. The fraction of sp³-hybridized carbons (Fsp3) is 0. The van der Waals surface area contributed by atoms with Gasteiger partial charge in [-0.3, -0.25) is 4.57 Å². The summed E-state index contributed by atoms with van der Waals surface area (Å²) in [5.41, 5.74) is 16.6. The zero-order valence-corrected chi connectivity index (χ0v) is 19.3. The van der Waals surface area contributed by atoms with E-state index >= 15 is 0 Å². The smallest absolute Gasteiger partial charge is 0.208 e. The summed E-state index contributed by atoms with van der Waals surface area (Å²) in [4.78, 5) is 0. The predicted molar refractivity (Wildman–Crippen MR) is 143 cm³/mol. The average Bonchev–Trinajstić information content (AvgIpc) is 3.38. The zero-order chi connectivity index (χ0) is 26.0. The fourth-order valence-electron chi connectivity index (χ4n) is 4.96. The normalized spacial score (nSPS) is 11.5. The van der Waals surface area contributed by atoms with Crippen LogP contribution in [0.5, 0.6) is 28.7 Å². The molecule has 4 aromatic carbocycles. The number of aromatic nitrogens is 2. The van der Waals surface area contributed by atoms with E-state index in [1.165, 1.54) is 4.57 Å². The molecule has 0 fully saturated rings. The van der Waals surface area contributed by atoms with E-state index in [4.69, 9.17) is 11.5 Å². The number of hydrogen-bond acceptors (Lipinski definition) is 7. The van der Waals surface area contributed by atoms with Crippen LogP contribution in [-0.2, 0) is 0 Å². The zero-order valence-electron chi connectivity index (χ0n) is 19.3. The van der Waals surface area contributed by atoms with Gasteiger partial charge in [0.25, 0.3) is 0 Å². The summed E-state index contributed by atoms with van der Waals surface area (Å²) >= 11 is 0. The quantitative estimate of drug-likeness (QED) is 0.135. The minimum Gasteiger partial charge on any atom is -0.503 e. The lowest BCUT2D eigenvalue weighted by atomic mass is 10.1. The van der Waals surface area contributed by atoms with Gasteiger partial charge in [0, 0.05) is 16.5 Å². The first-order valence-electron chi connectivity index (χ1n) is 11.4. The molecule has 2 aromatic heterocycles. The number of phenols is 5. The summed E-state index contributed by atoms with van der Waals surface area (Å²) in [6.07, 6.45) is 0. The minimum atomic E-state index is -1.05. The molecule has 0 aliphatic heterocycles. The molecule has 9 nitrogen and oxygen atoms in total. The molecule has 6 rings (SSSR count). The van der Waals surface area contributed by atoms with Gasteiger partial charge in [-0.25, -0.2) is 0 Å². The monoisotopic (exact) mass is 494 g/mol. The Morgan fingerprint density at radius 1 is 0.459 bits per heavy atom. The summed E-state index contributed by atoms with van der Waals surface area (Å²) in [6.45, 7) is 0. The number of hydrogen-bond donors (Lipinski definition) is 7. The van der Waals surface area contributed by atoms with Crippen molar-refractivity contribution in [1.82, 2.24) is 9.13 Å². The number of nitrogens with two attached hydrogens (primary N) is 2. The summed E-state index contributed by atoms with van der Waals surface area (Å²) in [6, 6.07) is 24.0. The molecule has 0 radical (unpaired) electrons. The van der Waals surface area contributed by atoms with Crippen molar-refractivity contribution in [2.45, 2.75) is 0 Å². The minimum absolute atomic E-state index is 0.285. The van der Waals surface area contributed by atoms with Crippen molar-refractivity contribution in [2.75, 3.05) is 11.5 Å². The van der Waals surface area contributed by atoms with Crippen molar-refractivity contribution in [3.8, 4) is 51.5 Å². The lowest BCUT2D eigenvalue weighted by Gasteiger charge is -2.19. The van der Waals surface area contributed by atoms with Crippen LogP contribution in [0.1, 0.15) is 0 Å². The molecule has 0 bridgehead atoms. The Bertz CT molecular complexity index is 1830. The van der Waals surface area contributed by atoms with E-state index in [-0.39, 0.29) is 11.4 Å². The molecule has 9 N–H and O–H groups in total. The van der Waals surface area contributed by atoms with Gasteiger partial charge < -0.3 is 41.6 Å². The maximum Gasteiger partial charge on any atom is 0.208 e. The first-order chi connectivity index (χ1) is 17.8. The Morgan fingerprint density at radius 2 is 0.865 bits per heavy atom. The molecule has 0 unspecified atom stereocenters. The number of nitrogen functional groups attached to an aromatic ring is 2. The van der Waals surface area contributed by atoms with Crippen LogP contribution < -0.4 is 11.5 Å². The van der Waals surface area contributed by atoms with Crippen molar-refractivity contribution in [2.24, 2.45) is 0 Å². The number of para-hydroxylation sites is 3. The number of aromatic hydroxyl groups is 5. The second kappa shape index (κ2) is 7.79. The molecule has 0 amide bonds. The van der Waals surface area contributed by atoms with Crippen molar-refractivity contribution in [3.63, 3.8) is 0 Å². The fourth-order valence-corrected chi connectivity index (χ4v) is 4.96. The van der Waals surface area contributed by atoms with E-state index in [0.29, 0.717) is 28.0 Å². The number of nitrogens with zero attached hydrogens (tertiary/aromatic N) is 2. The van der Waals surface area contributed by atoms with E-state index < -0.39 is 28.7 Å². The van der Waals surface area contributed by atoms with Crippen LogP contribution in [0, 0.1) is 0 Å². The molecule has 184 valence electrons. The van der Waals surface area contributed by atoms with Gasteiger partial charge >= 0.3 is 0 Å². The number of anilines is 2. The van der Waals surface area contributed by atoms with E-state index in [9.17, 15) is 25.5 Å². The molecule has 9 heteroatoms. The van der Waals surface area contributed by atoms with Crippen LogP contribution in [0.4, 0.5) is 11.4 Å². The van der Waals surface area contributed by atoms with E-state index in [1.807, 2.05) is 59.2 Å². The third-order valence-corrected chi connectivity index (χ3v) is 6.64. The second-order valence-corrected chi connectivity index (χ2v) is 8.66. The Hall–Kier alpha value is -5.44. The number of benzene rings is 4. The van der Waals surface area contributed by atoms with Gasteiger partial charge in [-0.05, 0) is 24.3 Å². The molecular weight excluding hydrogens is 472 g/mol. The number of rotatable bonds is 3. The lowest BCUT2D eigenvalue weighted by Crippen LogP contribution is -2.06. The molecule has 6 aromatic rings. The number of fused-ring (bicyclic) bond motifs is 2. The van der Waals surface area contributed by atoms with Gasteiger partial charge in [0.05, 0.1) is 33.8 Å².